The van der Waals surface area contributed by atoms with Crippen molar-refractivity contribution < 1.29 is 9.90 Å². The fourth-order valence-corrected chi connectivity index (χ4v) is 1.44. The van der Waals surface area contributed by atoms with Gasteiger partial charge < -0.3 is 15.0 Å². The summed E-state index contributed by atoms with van der Waals surface area (Å²) in [6, 6.07) is 9.91. The Labute approximate surface area is 93.1 Å². The Morgan fingerprint density at radius 1 is 1.25 bits per heavy atom. The molecule has 4 heteroatoms. The van der Waals surface area contributed by atoms with E-state index in [1.54, 1.807) is 22.8 Å². The number of carbonyl (C=O) groups is 1. The van der Waals surface area contributed by atoms with E-state index in [0.717, 1.165) is 0 Å². The van der Waals surface area contributed by atoms with Gasteiger partial charge in [-0.1, -0.05) is 0 Å². The summed E-state index contributed by atoms with van der Waals surface area (Å²) in [5.74, 6) is 0.00931. The summed E-state index contributed by atoms with van der Waals surface area (Å²) in [6.07, 6.45) is 1.81. The summed E-state index contributed by atoms with van der Waals surface area (Å²) in [4.78, 5) is 11.8. The lowest BCUT2D eigenvalue weighted by atomic mass is 10.3. The minimum Gasteiger partial charge on any atom is -0.508 e. The molecule has 0 saturated heterocycles. The molecule has 4 nitrogen and oxygen atoms in total. The first-order valence-electron chi connectivity index (χ1n) is 4.88. The maximum Gasteiger partial charge on any atom is 0.272 e. The number of anilines is 1. The van der Waals surface area contributed by atoms with Gasteiger partial charge in [0.1, 0.15) is 11.4 Å². The van der Waals surface area contributed by atoms with Crippen molar-refractivity contribution in [2.75, 3.05) is 5.32 Å². The van der Waals surface area contributed by atoms with E-state index < -0.39 is 0 Å². The number of hydrogen-bond donors (Lipinski definition) is 2. The van der Waals surface area contributed by atoms with Crippen molar-refractivity contribution >= 4 is 11.6 Å². The molecule has 2 aromatic rings. The Morgan fingerprint density at radius 3 is 2.50 bits per heavy atom. The van der Waals surface area contributed by atoms with Gasteiger partial charge in [-0.3, -0.25) is 4.79 Å². The first-order chi connectivity index (χ1) is 7.66. The van der Waals surface area contributed by atoms with E-state index in [1.165, 1.54) is 12.1 Å². The largest absolute Gasteiger partial charge is 0.508 e. The fourth-order valence-electron chi connectivity index (χ4n) is 1.44. The number of aryl methyl sites for hydroxylation is 1. The van der Waals surface area contributed by atoms with Crippen molar-refractivity contribution in [2.24, 2.45) is 7.05 Å². The van der Waals surface area contributed by atoms with Crippen molar-refractivity contribution in [1.82, 2.24) is 4.57 Å². The molecule has 0 aliphatic carbocycles. The van der Waals surface area contributed by atoms with Crippen LogP contribution < -0.4 is 5.32 Å². The van der Waals surface area contributed by atoms with Crippen LogP contribution in [0.2, 0.25) is 0 Å². The molecule has 0 spiro atoms. The molecular formula is C12H12N2O2. The van der Waals surface area contributed by atoms with Gasteiger partial charge in [-0.15, -0.1) is 0 Å². The van der Waals surface area contributed by atoms with Crippen LogP contribution in [0.3, 0.4) is 0 Å². The van der Waals surface area contributed by atoms with E-state index in [2.05, 4.69) is 5.32 Å². The Balaban J connectivity index is 2.14. The third kappa shape index (κ3) is 2.06. The summed E-state index contributed by atoms with van der Waals surface area (Å²) in [6.45, 7) is 0. The second kappa shape index (κ2) is 4.10. The lowest BCUT2D eigenvalue weighted by Gasteiger charge is -2.05. The lowest BCUT2D eigenvalue weighted by Crippen LogP contribution is -2.15. The predicted octanol–water partition coefficient (Wildman–Crippen LogP) is 1.98. The first kappa shape index (κ1) is 10.3. The molecule has 1 heterocycles. The van der Waals surface area contributed by atoms with Gasteiger partial charge in [0, 0.05) is 18.9 Å². The normalized spacial score (nSPS) is 10.1. The van der Waals surface area contributed by atoms with Gasteiger partial charge in [-0.25, -0.2) is 0 Å². The zero-order valence-electron chi connectivity index (χ0n) is 8.84. The van der Waals surface area contributed by atoms with Gasteiger partial charge in [0.15, 0.2) is 0 Å². The van der Waals surface area contributed by atoms with E-state index in [-0.39, 0.29) is 11.7 Å². The van der Waals surface area contributed by atoms with E-state index in [1.807, 2.05) is 19.3 Å². The molecule has 0 bridgehead atoms. The summed E-state index contributed by atoms with van der Waals surface area (Å²) < 4.78 is 1.75. The molecule has 1 aromatic carbocycles. The van der Waals surface area contributed by atoms with Gasteiger partial charge in [-0.05, 0) is 36.4 Å². The number of phenolic OH excluding ortho intramolecular Hbond substituents is 1. The molecule has 2 rings (SSSR count). The Morgan fingerprint density at radius 2 is 1.94 bits per heavy atom. The number of rotatable bonds is 2. The van der Waals surface area contributed by atoms with Crippen molar-refractivity contribution in [1.29, 1.82) is 0 Å². The number of nitrogens with zero attached hydrogens (tertiary/aromatic N) is 1. The standard InChI is InChI=1S/C12H12N2O2/c1-14-8-2-3-11(14)12(16)13-9-4-6-10(15)7-5-9/h2-8,15H,1H3,(H,13,16). The van der Waals surface area contributed by atoms with Crippen LogP contribution in [0.15, 0.2) is 42.6 Å². The molecule has 0 fully saturated rings. The summed E-state index contributed by atoms with van der Waals surface area (Å²) in [5.41, 5.74) is 1.25. The molecule has 0 aliphatic heterocycles. The minimum absolute atomic E-state index is 0.168. The maximum absolute atomic E-state index is 11.8. The van der Waals surface area contributed by atoms with Gasteiger partial charge in [-0.2, -0.15) is 0 Å². The predicted molar refractivity (Wildman–Crippen MR) is 61.5 cm³/mol. The molecule has 2 N–H and O–H groups in total. The molecule has 1 amide bonds. The summed E-state index contributed by atoms with van der Waals surface area (Å²) >= 11 is 0. The number of hydrogen-bond acceptors (Lipinski definition) is 2. The average Bonchev–Trinajstić information content (AvgIpc) is 2.68. The highest BCUT2D eigenvalue weighted by Gasteiger charge is 2.08. The van der Waals surface area contributed by atoms with Crippen LogP contribution in [0, 0.1) is 0 Å². The number of nitrogens with one attached hydrogen (secondary N) is 1. The van der Waals surface area contributed by atoms with Crippen LogP contribution in [-0.4, -0.2) is 15.6 Å². The SMILES string of the molecule is Cn1cccc1C(=O)Nc1ccc(O)cc1. The highest BCUT2D eigenvalue weighted by Crippen LogP contribution is 2.14. The number of benzene rings is 1. The monoisotopic (exact) mass is 216 g/mol. The highest BCUT2D eigenvalue weighted by atomic mass is 16.3. The van der Waals surface area contributed by atoms with Crippen LogP contribution in [0.25, 0.3) is 0 Å². The number of aromatic nitrogens is 1. The Kier molecular flexibility index (Phi) is 2.64. The quantitative estimate of drug-likeness (QED) is 0.754. The van der Waals surface area contributed by atoms with Crippen molar-refractivity contribution in [3.8, 4) is 5.75 Å². The zero-order chi connectivity index (χ0) is 11.5. The van der Waals surface area contributed by atoms with Crippen LogP contribution >= 0.6 is 0 Å². The number of phenols is 1. The van der Waals surface area contributed by atoms with E-state index in [0.29, 0.717) is 11.4 Å². The molecule has 82 valence electrons. The van der Waals surface area contributed by atoms with Crippen LogP contribution in [0.4, 0.5) is 5.69 Å². The highest BCUT2D eigenvalue weighted by molar-refractivity contribution is 6.03. The average molecular weight is 216 g/mol. The van der Waals surface area contributed by atoms with Gasteiger partial charge in [0.05, 0.1) is 0 Å². The number of amides is 1. The molecule has 0 saturated carbocycles. The van der Waals surface area contributed by atoms with Crippen molar-refractivity contribution in [3.05, 3.63) is 48.3 Å². The number of carbonyl (C=O) groups excluding carboxylic acids is 1. The summed E-state index contributed by atoms with van der Waals surface area (Å²) in [7, 11) is 1.81. The molecule has 0 unspecified atom stereocenters. The second-order valence-corrected chi connectivity index (χ2v) is 3.51. The van der Waals surface area contributed by atoms with Gasteiger partial charge >= 0.3 is 0 Å². The van der Waals surface area contributed by atoms with Gasteiger partial charge in [0.25, 0.3) is 5.91 Å². The molecular weight excluding hydrogens is 204 g/mol. The second-order valence-electron chi connectivity index (χ2n) is 3.51. The smallest absolute Gasteiger partial charge is 0.272 e. The maximum atomic E-state index is 11.8. The van der Waals surface area contributed by atoms with Crippen LogP contribution in [0.1, 0.15) is 10.5 Å². The minimum atomic E-state index is -0.168. The molecule has 0 radical (unpaired) electrons. The van der Waals surface area contributed by atoms with E-state index >= 15 is 0 Å². The van der Waals surface area contributed by atoms with Crippen molar-refractivity contribution in [2.45, 2.75) is 0 Å². The van der Waals surface area contributed by atoms with Crippen LogP contribution in [-0.2, 0) is 7.05 Å². The number of aromatic hydroxyl groups is 1. The molecule has 1 aromatic heterocycles. The summed E-state index contributed by atoms with van der Waals surface area (Å²) in [5, 5.41) is 11.8. The molecule has 0 aliphatic rings. The third-order valence-electron chi connectivity index (χ3n) is 2.30. The Hall–Kier alpha value is -2.23. The zero-order valence-corrected chi connectivity index (χ0v) is 8.84. The molecule has 16 heavy (non-hydrogen) atoms. The van der Waals surface area contributed by atoms with E-state index in [4.69, 9.17) is 5.11 Å². The van der Waals surface area contributed by atoms with Crippen LogP contribution in [0.5, 0.6) is 5.75 Å². The van der Waals surface area contributed by atoms with E-state index in [9.17, 15) is 4.79 Å². The Bertz CT molecular complexity index is 500. The first-order valence-corrected chi connectivity index (χ1v) is 4.88. The third-order valence-corrected chi connectivity index (χ3v) is 2.30. The topological polar surface area (TPSA) is 54.3 Å². The lowest BCUT2D eigenvalue weighted by molar-refractivity contribution is 0.101. The molecule has 0 atom stereocenters. The van der Waals surface area contributed by atoms with Crippen molar-refractivity contribution in [3.63, 3.8) is 0 Å². The fraction of sp³-hybridized carbons (Fsp3) is 0.0833. The van der Waals surface area contributed by atoms with Gasteiger partial charge in [0.2, 0.25) is 0 Å².